The number of thiophene rings is 1. The summed E-state index contributed by atoms with van der Waals surface area (Å²) in [6.07, 6.45) is 0.420. The van der Waals surface area contributed by atoms with Crippen LogP contribution in [0.25, 0.3) is 0 Å². The van der Waals surface area contributed by atoms with Gasteiger partial charge >= 0.3 is 0 Å². The fourth-order valence-corrected chi connectivity index (χ4v) is 3.39. The van der Waals surface area contributed by atoms with Crippen LogP contribution in [0.5, 0.6) is 0 Å². The number of hydrogen-bond acceptors (Lipinski definition) is 3. The van der Waals surface area contributed by atoms with Crippen LogP contribution in [-0.4, -0.2) is 17.0 Å². The number of aliphatic hydroxyl groups excluding tert-OH is 1. The van der Waals surface area contributed by atoms with Gasteiger partial charge in [0.05, 0.1) is 6.10 Å². The Balaban J connectivity index is 1.82. The van der Waals surface area contributed by atoms with E-state index >= 15 is 0 Å². The fourth-order valence-electron chi connectivity index (χ4n) is 1.47. The van der Waals surface area contributed by atoms with Crippen molar-refractivity contribution < 1.29 is 5.11 Å². The molecule has 0 aliphatic rings. The molecule has 0 spiro atoms. The molecule has 0 amide bonds. The first-order valence-electron chi connectivity index (χ1n) is 5.33. The molecule has 17 heavy (non-hydrogen) atoms. The summed E-state index contributed by atoms with van der Waals surface area (Å²) in [7, 11) is 0. The zero-order chi connectivity index (χ0) is 12.1. The van der Waals surface area contributed by atoms with Gasteiger partial charge in [0.2, 0.25) is 0 Å². The number of benzene rings is 1. The van der Waals surface area contributed by atoms with E-state index in [-0.39, 0.29) is 6.10 Å². The van der Waals surface area contributed by atoms with Crippen LogP contribution in [-0.2, 0) is 6.42 Å². The van der Waals surface area contributed by atoms with Gasteiger partial charge in [-0.1, -0.05) is 23.7 Å². The summed E-state index contributed by atoms with van der Waals surface area (Å²) in [6, 6.07) is 11.8. The summed E-state index contributed by atoms with van der Waals surface area (Å²) in [4.78, 5) is 2.33. The molecular weight excluding hydrogens is 272 g/mol. The van der Waals surface area contributed by atoms with Gasteiger partial charge < -0.3 is 5.11 Å². The van der Waals surface area contributed by atoms with E-state index in [9.17, 15) is 5.11 Å². The third kappa shape index (κ3) is 4.36. The lowest BCUT2D eigenvalue weighted by Crippen LogP contribution is -2.12. The molecule has 1 unspecified atom stereocenters. The van der Waals surface area contributed by atoms with Gasteiger partial charge in [0.15, 0.2) is 0 Å². The smallest absolute Gasteiger partial charge is 0.0682 e. The number of rotatable bonds is 5. The number of thioether (sulfide) groups is 1. The van der Waals surface area contributed by atoms with Gasteiger partial charge in [-0.05, 0) is 29.6 Å². The summed E-state index contributed by atoms with van der Waals surface area (Å²) in [6.45, 7) is 0. The highest BCUT2D eigenvalue weighted by molar-refractivity contribution is 7.99. The van der Waals surface area contributed by atoms with E-state index in [1.165, 1.54) is 4.88 Å². The second-order valence-electron chi connectivity index (χ2n) is 3.71. The Kier molecular flexibility index (Phi) is 4.92. The van der Waals surface area contributed by atoms with Gasteiger partial charge in [0.1, 0.15) is 0 Å². The molecule has 0 aliphatic heterocycles. The molecule has 4 heteroatoms. The molecule has 0 aliphatic carbocycles. The Morgan fingerprint density at radius 1 is 1.29 bits per heavy atom. The second kappa shape index (κ2) is 6.45. The molecule has 90 valence electrons. The van der Waals surface area contributed by atoms with Crippen LogP contribution in [0, 0.1) is 0 Å². The summed E-state index contributed by atoms with van der Waals surface area (Å²) < 4.78 is 0. The Bertz CT molecular complexity index is 456. The van der Waals surface area contributed by atoms with Crippen molar-refractivity contribution in [2.45, 2.75) is 17.4 Å². The zero-order valence-electron chi connectivity index (χ0n) is 9.17. The van der Waals surface area contributed by atoms with Crippen LogP contribution in [0.1, 0.15) is 4.88 Å². The minimum absolute atomic E-state index is 0.308. The zero-order valence-corrected chi connectivity index (χ0v) is 11.6. The highest BCUT2D eigenvalue weighted by Crippen LogP contribution is 2.23. The first kappa shape index (κ1) is 13.0. The lowest BCUT2D eigenvalue weighted by molar-refractivity contribution is 0.201. The van der Waals surface area contributed by atoms with Crippen LogP contribution < -0.4 is 0 Å². The number of hydrogen-bond donors (Lipinski definition) is 1. The molecule has 2 aromatic rings. The van der Waals surface area contributed by atoms with E-state index < -0.39 is 0 Å². The minimum atomic E-state index is -0.308. The third-order valence-corrected chi connectivity index (χ3v) is 4.53. The van der Waals surface area contributed by atoms with Crippen molar-refractivity contribution >= 4 is 34.7 Å². The van der Waals surface area contributed by atoms with Crippen molar-refractivity contribution in [3.05, 3.63) is 51.7 Å². The lowest BCUT2D eigenvalue weighted by Gasteiger charge is -2.09. The van der Waals surface area contributed by atoms with Gasteiger partial charge in [-0.3, -0.25) is 0 Å². The highest BCUT2D eigenvalue weighted by Gasteiger charge is 2.07. The van der Waals surface area contributed by atoms with Gasteiger partial charge in [-0.15, -0.1) is 23.1 Å². The van der Waals surface area contributed by atoms with Crippen molar-refractivity contribution in [3.8, 4) is 0 Å². The normalized spacial score (nSPS) is 12.6. The molecule has 0 saturated carbocycles. The van der Waals surface area contributed by atoms with E-state index in [4.69, 9.17) is 11.6 Å². The van der Waals surface area contributed by atoms with Crippen LogP contribution in [0.4, 0.5) is 0 Å². The quantitative estimate of drug-likeness (QED) is 0.834. The standard InChI is InChI=1S/C13H13ClOS2/c14-10-3-1-4-12(7-10)17-9-11(15)8-13-5-2-6-16-13/h1-7,11,15H,8-9H2. The van der Waals surface area contributed by atoms with Crippen molar-refractivity contribution in [3.63, 3.8) is 0 Å². The van der Waals surface area contributed by atoms with Gasteiger partial charge in [0, 0.05) is 27.0 Å². The van der Waals surface area contributed by atoms with Crippen molar-refractivity contribution in [2.75, 3.05) is 5.75 Å². The average Bonchev–Trinajstić information content (AvgIpc) is 2.79. The SMILES string of the molecule is OC(CSc1cccc(Cl)c1)Cc1cccs1. The maximum atomic E-state index is 9.90. The van der Waals surface area contributed by atoms with Gasteiger partial charge in [-0.25, -0.2) is 0 Å². The largest absolute Gasteiger partial charge is 0.392 e. The Morgan fingerprint density at radius 3 is 2.88 bits per heavy atom. The molecule has 1 nitrogen and oxygen atoms in total. The summed E-state index contributed by atoms with van der Waals surface area (Å²) in [5.74, 6) is 0.693. The summed E-state index contributed by atoms with van der Waals surface area (Å²) >= 11 is 9.22. The average molecular weight is 285 g/mol. The maximum Gasteiger partial charge on any atom is 0.0682 e. The molecule has 1 aromatic heterocycles. The third-order valence-electron chi connectivity index (χ3n) is 2.26. The predicted octanol–water partition coefficient (Wildman–Crippen LogP) is 4.10. The van der Waals surface area contributed by atoms with Gasteiger partial charge in [0.25, 0.3) is 0 Å². The topological polar surface area (TPSA) is 20.2 Å². The van der Waals surface area contributed by atoms with Crippen molar-refractivity contribution in [1.82, 2.24) is 0 Å². The Hall–Kier alpha value is -0.480. The molecule has 1 aromatic carbocycles. The van der Waals surface area contributed by atoms with E-state index in [1.54, 1.807) is 23.1 Å². The predicted molar refractivity (Wildman–Crippen MR) is 76.2 cm³/mol. The molecule has 1 N–H and O–H groups in total. The van der Waals surface area contributed by atoms with Crippen LogP contribution in [0.15, 0.2) is 46.7 Å². The molecule has 0 saturated heterocycles. The number of aliphatic hydroxyl groups is 1. The molecule has 1 atom stereocenters. The molecule has 1 heterocycles. The Morgan fingerprint density at radius 2 is 2.18 bits per heavy atom. The van der Waals surface area contributed by atoms with Crippen molar-refractivity contribution in [2.24, 2.45) is 0 Å². The summed E-state index contributed by atoms with van der Waals surface area (Å²) in [5, 5.41) is 12.7. The molecule has 0 radical (unpaired) electrons. The van der Waals surface area contributed by atoms with Crippen molar-refractivity contribution in [1.29, 1.82) is 0 Å². The van der Waals surface area contributed by atoms with Crippen LogP contribution in [0.2, 0.25) is 5.02 Å². The van der Waals surface area contributed by atoms with Crippen LogP contribution >= 0.6 is 34.7 Å². The maximum absolute atomic E-state index is 9.90. The van der Waals surface area contributed by atoms with E-state index in [0.29, 0.717) is 5.75 Å². The minimum Gasteiger partial charge on any atom is -0.392 e. The first-order chi connectivity index (χ1) is 8.24. The Labute approximate surface area is 114 Å². The molecule has 2 rings (SSSR count). The second-order valence-corrected chi connectivity index (χ2v) is 6.27. The molecule has 0 fully saturated rings. The number of halogens is 1. The fraction of sp³-hybridized carbons (Fsp3) is 0.231. The highest BCUT2D eigenvalue weighted by atomic mass is 35.5. The molecular formula is C13H13ClOS2. The van der Waals surface area contributed by atoms with Gasteiger partial charge in [-0.2, -0.15) is 0 Å². The molecule has 0 bridgehead atoms. The first-order valence-corrected chi connectivity index (χ1v) is 7.57. The lowest BCUT2D eigenvalue weighted by atomic mass is 10.2. The van der Waals surface area contributed by atoms with E-state index in [2.05, 4.69) is 6.07 Å². The van der Waals surface area contributed by atoms with Crippen LogP contribution in [0.3, 0.4) is 0 Å². The van der Waals surface area contributed by atoms with E-state index in [1.807, 2.05) is 35.7 Å². The van der Waals surface area contributed by atoms with E-state index in [0.717, 1.165) is 16.3 Å². The summed E-state index contributed by atoms with van der Waals surface area (Å²) in [5.41, 5.74) is 0. The monoisotopic (exact) mass is 284 g/mol.